The number of methoxy groups -OCH3 is 2. The number of urea groups is 2. The van der Waals surface area contributed by atoms with E-state index in [0.717, 1.165) is 42.7 Å². The van der Waals surface area contributed by atoms with Gasteiger partial charge in [0.1, 0.15) is 0 Å². The molecule has 2 aliphatic heterocycles. The monoisotopic (exact) mass is 810 g/mol. The number of benzene rings is 4. The van der Waals surface area contributed by atoms with Gasteiger partial charge in [-0.25, -0.2) is 29.5 Å². The topological polar surface area (TPSA) is 132 Å². The van der Waals surface area contributed by atoms with E-state index in [-0.39, 0.29) is 12.1 Å². The molecule has 312 valence electrons. The number of ether oxygens (including phenoxy) is 2. The second-order valence-corrected chi connectivity index (χ2v) is 15.2. The van der Waals surface area contributed by atoms with Gasteiger partial charge in [0.15, 0.2) is 5.82 Å². The van der Waals surface area contributed by atoms with Crippen molar-refractivity contribution in [2.45, 2.75) is 34.6 Å². The quantitative estimate of drug-likeness (QED) is 0.172. The molecule has 4 heterocycles. The highest BCUT2D eigenvalue weighted by atomic mass is 16.5. The van der Waals surface area contributed by atoms with Gasteiger partial charge < -0.3 is 29.1 Å². The van der Waals surface area contributed by atoms with Gasteiger partial charge in [-0.15, -0.1) is 0 Å². The third-order valence-electron chi connectivity index (χ3n) is 10.7. The lowest BCUT2D eigenvalue weighted by Crippen LogP contribution is -2.53. The summed E-state index contributed by atoms with van der Waals surface area (Å²) in [6, 6.07) is 28.0. The minimum atomic E-state index is -0.187. The highest BCUT2D eigenvalue weighted by Crippen LogP contribution is 2.29. The molecule has 0 bridgehead atoms. The number of hydrogen-bond acceptors (Lipinski definition) is 10. The zero-order valence-corrected chi connectivity index (χ0v) is 35.6. The normalized spacial score (nSPS) is 14.1. The molecule has 14 nitrogen and oxygen atoms in total. The Kier molecular flexibility index (Phi) is 12.8. The Hall–Kier alpha value is -6.70. The lowest BCUT2D eigenvalue weighted by atomic mass is 10.1. The second-order valence-electron chi connectivity index (χ2n) is 15.2. The van der Waals surface area contributed by atoms with E-state index in [1.165, 1.54) is 40.7 Å². The maximum absolute atomic E-state index is 13.4. The van der Waals surface area contributed by atoms with Gasteiger partial charge in [0, 0.05) is 70.3 Å². The van der Waals surface area contributed by atoms with Gasteiger partial charge in [0.05, 0.1) is 36.3 Å². The number of para-hydroxylation sites is 4. The highest BCUT2D eigenvalue weighted by Gasteiger charge is 2.29. The zero-order valence-electron chi connectivity index (χ0n) is 35.6. The van der Waals surface area contributed by atoms with E-state index in [0.29, 0.717) is 61.6 Å². The van der Waals surface area contributed by atoms with Crippen molar-refractivity contribution < 1.29 is 19.1 Å². The molecular weight excluding hydrogens is 757 g/mol. The number of carbonyl (C=O) groups is 2. The van der Waals surface area contributed by atoms with E-state index in [4.69, 9.17) is 14.5 Å². The van der Waals surface area contributed by atoms with E-state index < -0.39 is 0 Å². The minimum Gasteiger partial charge on any atom is -0.478 e. The summed E-state index contributed by atoms with van der Waals surface area (Å²) < 4.78 is 10.8. The molecule has 1 N–H and O–H groups in total. The number of amides is 4. The molecule has 6 aromatic rings. The summed E-state index contributed by atoms with van der Waals surface area (Å²) in [6.45, 7) is 16.7. The van der Waals surface area contributed by atoms with Crippen LogP contribution in [0.5, 0.6) is 11.8 Å². The summed E-state index contributed by atoms with van der Waals surface area (Å²) in [4.78, 5) is 54.4. The highest BCUT2D eigenvalue weighted by molar-refractivity contribution is 5.94. The van der Waals surface area contributed by atoms with Crippen molar-refractivity contribution in [1.82, 2.24) is 29.7 Å². The number of nitrogens with zero attached hydrogens (tertiary/aromatic N) is 9. The molecule has 2 aromatic heterocycles. The van der Waals surface area contributed by atoms with Crippen LogP contribution in [0, 0.1) is 27.7 Å². The van der Waals surface area contributed by atoms with Crippen LogP contribution < -0.4 is 29.5 Å². The molecule has 0 radical (unpaired) electrons. The molecule has 2 fully saturated rings. The third kappa shape index (κ3) is 9.43. The van der Waals surface area contributed by atoms with E-state index in [1.807, 2.05) is 60.4 Å². The lowest BCUT2D eigenvalue weighted by molar-refractivity contribution is 0.201. The number of hydrogen-bond donors (Lipinski definition) is 1. The van der Waals surface area contributed by atoms with Gasteiger partial charge in [-0.05, 0) is 105 Å². The first-order valence-corrected chi connectivity index (χ1v) is 20.4. The SMILES string of the molecule is CCN(C(=O)N1CCN(c2cc(C)cc(C)c2)CC1)c1nc2ccccc2nc1OC.COc1nc2ccccc2nc1NC(=O)N1CCN(c2cc(C)cc(C)c2)CC1. The number of piperazine rings is 2. The van der Waals surface area contributed by atoms with Crippen LogP contribution in [0.25, 0.3) is 22.1 Å². The Morgan fingerprint density at radius 2 is 1.00 bits per heavy atom. The number of fused-ring (bicyclic) bond motifs is 2. The molecule has 60 heavy (non-hydrogen) atoms. The smallest absolute Gasteiger partial charge is 0.325 e. The number of aromatic nitrogens is 4. The van der Waals surface area contributed by atoms with Crippen LogP contribution in [-0.4, -0.2) is 115 Å². The van der Waals surface area contributed by atoms with Gasteiger partial charge in [-0.2, -0.15) is 0 Å². The molecule has 4 aromatic carbocycles. The van der Waals surface area contributed by atoms with Crippen molar-refractivity contribution in [2.75, 3.05) is 93.1 Å². The standard InChI is InChI=1S/C24H29N5O2.C22H25N5O2/c1-5-29(22-23(31-4)26-21-9-7-6-8-20(21)25-22)24(30)28-12-10-27(11-13-28)19-15-17(2)14-18(3)16-19;1-15-12-16(2)14-17(13-15)26-8-10-27(11-9-26)22(28)25-20-21(29-3)24-19-7-5-4-6-18(19)23-20/h6-9,14-16H,5,10-13H2,1-4H3;4-7,12-14H,8-11H2,1-3H3,(H,23,25,28). The largest absolute Gasteiger partial charge is 0.478 e. The fourth-order valence-electron chi connectivity index (χ4n) is 7.81. The van der Waals surface area contributed by atoms with Crippen molar-refractivity contribution in [1.29, 1.82) is 0 Å². The van der Waals surface area contributed by atoms with Crippen molar-refractivity contribution in [2.24, 2.45) is 0 Å². The molecule has 8 rings (SSSR count). The summed E-state index contributed by atoms with van der Waals surface area (Å²) in [5.74, 6) is 1.48. The Morgan fingerprint density at radius 1 is 0.583 bits per heavy atom. The molecule has 4 amide bonds. The molecule has 2 aliphatic rings. The van der Waals surface area contributed by atoms with Crippen LogP contribution in [0.1, 0.15) is 29.2 Å². The van der Waals surface area contributed by atoms with Gasteiger partial charge in [0.25, 0.3) is 11.8 Å². The van der Waals surface area contributed by atoms with Crippen molar-refractivity contribution in [3.05, 3.63) is 107 Å². The average molecular weight is 811 g/mol. The first-order chi connectivity index (χ1) is 29.0. The van der Waals surface area contributed by atoms with Crippen LogP contribution in [0.3, 0.4) is 0 Å². The second kappa shape index (κ2) is 18.5. The molecule has 14 heteroatoms. The number of carbonyl (C=O) groups excluding carboxylic acids is 2. The van der Waals surface area contributed by atoms with Crippen LogP contribution in [0.15, 0.2) is 84.9 Å². The number of anilines is 4. The van der Waals surface area contributed by atoms with E-state index in [9.17, 15) is 9.59 Å². The molecule has 0 spiro atoms. The molecule has 0 atom stereocenters. The molecule has 0 saturated carbocycles. The Bertz CT molecular complexity index is 2440. The summed E-state index contributed by atoms with van der Waals surface area (Å²) in [6.07, 6.45) is 0. The minimum absolute atomic E-state index is 0.0644. The molecular formula is C46H54N10O4. The van der Waals surface area contributed by atoms with Gasteiger partial charge >= 0.3 is 12.1 Å². The first kappa shape index (κ1) is 41.5. The van der Waals surface area contributed by atoms with Gasteiger partial charge in [-0.3, -0.25) is 10.2 Å². The number of rotatable bonds is 7. The van der Waals surface area contributed by atoms with E-state index in [1.54, 1.807) is 16.9 Å². The van der Waals surface area contributed by atoms with Crippen molar-refractivity contribution in [3.8, 4) is 11.8 Å². The van der Waals surface area contributed by atoms with E-state index in [2.05, 4.69) is 94.2 Å². The Labute approximate surface area is 351 Å². The maximum Gasteiger partial charge on any atom is 0.325 e. The van der Waals surface area contributed by atoms with Crippen molar-refractivity contribution in [3.63, 3.8) is 0 Å². The molecule has 0 aliphatic carbocycles. The van der Waals surface area contributed by atoms with E-state index >= 15 is 0 Å². The van der Waals surface area contributed by atoms with Crippen LogP contribution >= 0.6 is 0 Å². The lowest BCUT2D eigenvalue weighted by Gasteiger charge is -2.38. The summed E-state index contributed by atoms with van der Waals surface area (Å²) in [7, 11) is 3.08. The van der Waals surface area contributed by atoms with Gasteiger partial charge in [0.2, 0.25) is 5.82 Å². The first-order valence-electron chi connectivity index (χ1n) is 20.4. The predicted octanol–water partition coefficient (Wildman–Crippen LogP) is 7.63. The molecule has 2 saturated heterocycles. The van der Waals surface area contributed by atoms with Crippen molar-refractivity contribution >= 4 is 57.1 Å². The fraction of sp³-hybridized carbons (Fsp3) is 0.348. The Balaban J connectivity index is 0.000000182. The van der Waals surface area contributed by atoms with Crippen LogP contribution in [0.4, 0.5) is 32.6 Å². The Morgan fingerprint density at radius 3 is 1.45 bits per heavy atom. The maximum atomic E-state index is 13.4. The average Bonchev–Trinajstić information content (AvgIpc) is 3.25. The number of aryl methyl sites for hydroxylation is 4. The summed E-state index contributed by atoms with van der Waals surface area (Å²) in [5, 5.41) is 2.87. The number of nitrogens with one attached hydrogen (secondary N) is 1. The van der Waals surface area contributed by atoms with Crippen LogP contribution in [-0.2, 0) is 0 Å². The van der Waals surface area contributed by atoms with Gasteiger partial charge in [-0.1, -0.05) is 36.4 Å². The summed E-state index contributed by atoms with van der Waals surface area (Å²) >= 11 is 0. The van der Waals surface area contributed by atoms with Crippen LogP contribution in [0.2, 0.25) is 0 Å². The third-order valence-corrected chi connectivity index (χ3v) is 10.7. The summed E-state index contributed by atoms with van der Waals surface area (Å²) in [5.41, 5.74) is 10.4. The predicted molar refractivity (Wildman–Crippen MR) is 239 cm³/mol. The molecule has 0 unspecified atom stereocenters. The zero-order chi connectivity index (χ0) is 42.3. The fourth-order valence-corrected chi connectivity index (χ4v) is 7.81.